The molecule has 0 spiro atoms. The Hall–Kier alpha value is -1.06. The Bertz CT molecular complexity index is 193. The van der Waals surface area contributed by atoms with Gasteiger partial charge in [-0.1, -0.05) is 6.58 Å². The number of halogens is 8. The van der Waals surface area contributed by atoms with Gasteiger partial charge in [-0.15, -0.1) is 26.3 Å². The number of alkyl halides is 8. The smallest absolute Gasteiger partial charge is 0.252 e. The molecule has 0 aliphatic heterocycles. The zero-order valence-corrected chi connectivity index (χ0v) is 8.62. The van der Waals surface area contributed by atoms with E-state index in [1.165, 1.54) is 7.05 Å². The van der Waals surface area contributed by atoms with E-state index >= 15 is 0 Å². The Morgan fingerprint density at radius 3 is 1.24 bits per heavy atom. The third-order valence-electron chi connectivity index (χ3n) is 1.14. The van der Waals surface area contributed by atoms with Gasteiger partial charge in [0.2, 0.25) is 0 Å². The van der Waals surface area contributed by atoms with Gasteiger partial charge in [0.05, 0.1) is 0 Å². The monoisotopic (exact) mass is 274 g/mol. The molecule has 104 valence electrons. The van der Waals surface area contributed by atoms with Crippen LogP contribution in [0.2, 0.25) is 0 Å². The van der Waals surface area contributed by atoms with Crippen LogP contribution < -0.4 is 0 Å². The van der Waals surface area contributed by atoms with Crippen molar-refractivity contribution in [2.24, 2.45) is 0 Å². The molecule has 0 heterocycles. The molecule has 0 radical (unpaired) electrons. The van der Waals surface area contributed by atoms with Gasteiger partial charge in [0.25, 0.3) is 0 Å². The molecular formula is C7H10F8N2. The summed E-state index contributed by atoms with van der Waals surface area (Å²) in [6.45, 7) is 0.956. The molecule has 0 rings (SSSR count). The van der Waals surface area contributed by atoms with Crippen molar-refractivity contribution < 1.29 is 35.1 Å². The fourth-order valence-corrected chi connectivity index (χ4v) is 0.383. The van der Waals surface area contributed by atoms with Crippen LogP contribution in [0.1, 0.15) is 0 Å². The van der Waals surface area contributed by atoms with Gasteiger partial charge < -0.3 is 0 Å². The molecule has 0 amide bonds. The lowest BCUT2D eigenvalue weighted by molar-refractivity contribution is -0.353. The highest BCUT2D eigenvalue weighted by Gasteiger charge is 2.51. The van der Waals surface area contributed by atoms with Crippen LogP contribution in [0.25, 0.3) is 0 Å². The summed E-state index contributed by atoms with van der Waals surface area (Å²) in [6.07, 6.45) is -11.2. The molecule has 0 saturated heterocycles. The first-order valence-corrected chi connectivity index (χ1v) is 3.86. The average molecular weight is 274 g/mol. The molecule has 0 aliphatic carbocycles. The minimum Gasteiger partial charge on any atom is -0.252 e. The quantitative estimate of drug-likeness (QED) is 0.576. The van der Waals surface area contributed by atoms with Crippen molar-refractivity contribution in [3.05, 3.63) is 12.8 Å². The average Bonchev–Trinajstić information content (AvgIpc) is 2.14. The summed E-state index contributed by atoms with van der Waals surface area (Å²) < 4.78 is 90.3. The van der Waals surface area contributed by atoms with Crippen LogP contribution >= 0.6 is 0 Å². The van der Waals surface area contributed by atoms with Crippen molar-refractivity contribution in [2.45, 2.75) is 12.6 Å². The standard InChI is InChI=1S/C4H3F6N.C3H7F2N/c1-2-11(3(5,6)7)4(8,9)10;1-6(2-4)3-5/h2H,1H2;2-3H2,1H3. The second-order valence-corrected chi connectivity index (χ2v) is 2.58. The van der Waals surface area contributed by atoms with Gasteiger partial charge in [-0.2, -0.15) is 0 Å². The molecule has 0 saturated carbocycles. The van der Waals surface area contributed by atoms with Gasteiger partial charge >= 0.3 is 12.6 Å². The molecule has 0 unspecified atom stereocenters. The summed E-state index contributed by atoms with van der Waals surface area (Å²) in [5.41, 5.74) is 0. The Labute approximate surface area is 92.1 Å². The zero-order valence-electron chi connectivity index (χ0n) is 8.62. The maximum atomic E-state index is 11.4. The zero-order chi connectivity index (χ0) is 14.3. The molecule has 0 aliphatic rings. The maximum absolute atomic E-state index is 11.4. The van der Waals surface area contributed by atoms with Crippen molar-refractivity contribution in [3.63, 3.8) is 0 Å². The lowest BCUT2D eigenvalue weighted by Crippen LogP contribution is -2.43. The van der Waals surface area contributed by atoms with E-state index < -0.39 is 31.1 Å². The van der Waals surface area contributed by atoms with E-state index in [-0.39, 0.29) is 6.20 Å². The first-order valence-electron chi connectivity index (χ1n) is 3.86. The van der Waals surface area contributed by atoms with Crippen LogP contribution in [-0.2, 0) is 0 Å². The maximum Gasteiger partial charge on any atom is 0.491 e. The Morgan fingerprint density at radius 2 is 1.24 bits per heavy atom. The van der Waals surface area contributed by atoms with Crippen LogP contribution in [0.4, 0.5) is 35.1 Å². The van der Waals surface area contributed by atoms with Gasteiger partial charge in [-0.25, -0.2) is 13.7 Å². The summed E-state index contributed by atoms with van der Waals surface area (Å²) in [5, 5.41) is 0. The Morgan fingerprint density at radius 1 is 0.941 bits per heavy atom. The van der Waals surface area contributed by atoms with Gasteiger partial charge in [0.1, 0.15) is 13.6 Å². The van der Waals surface area contributed by atoms with Crippen LogP contribution in [-0.4, -0.2) is 43.0 Å². The van der Waals surface area contributed by atoms with Gasteiger partial charge in [-0.3, -0.25) is 4.90 Å². The Balaban J connectivity index is 0. The molecule has 0 aromatic carbocycles. The predicted octanol–water partition coefficient (Wildman–Crippen LogP) is 3.24. The molecule has 0 aromatic heterocycles. The summed E-state index contributed by atoms with van der Waals surface area (Å²) in [4.78, 5) is -0.819. The van der Waals surface area contributed by atoms with Crippen LogP contribution in [0.5, 0.6) is 0 Å². The fourth-order valence-electron chi connectivity index (χ4n) is 0.383. The summed E-state index contributed by atoms with van der Waals surface area (Å²) in [6, 6.07) is 0. The topological polar surface area (TPSA) is 6.48 Å². The summed E-state index contributed by atoms with van der Waals surface area (Å²) >= 11 is 0. The van der Waals surface area contributed by atoms with Crippen LogP contribution in [0, 0.1) is 0 Å². The lowest BCUT2D eigenvalue weighted by atomic mass is 10.7. The minimum absolute atomic E-state index is 0.333. The van der Waals surface area contributed by atoms with Crippen molar-refractivity contribution in [3.8, 4) is 0 Å². The normalized spacial score (nSPS) is 11.9. The number of hydrogen-bond donors (Lipinski definition) is 0. The number of hydrogen-bond acceptors (Lipinski definition) is 2. The number of nitrogens with zero attached hydrogens (tertiary/aromatic N) is 2. The largest absolute Gasteiger partial charge is 0.491 e. The first kappa shape index (κ1) is 18.3. The SMILES string of the molecule is C=CN(C(F)(F)F)C(F)(F)F.CN(CF)CF. The molecule has 0 bridgehead atoms. The molecule has 0 fully saturated rings. The molecule has 0 aromatic rings. The third-order valence-corrected chi connectivity index (χ3v) is 1.14. The molecule has 10 heteroatoms. The Kier molecular flexibility index (Phi) is 7.86. The molecule has 17 heavy (non-hydrogen) atoms. The predicted molar refractivity (Wildman–Crippen MR) is 43.9 cm³/mol. The van der Waals surface area contributed by atoms with E-state index in [4.69, 9.17) is 0 Å². The van der Waals surface area contributed by atoms with Gasteiger partial charge in [-0.05, 0) is 7.05 Å². The van der Waals surface area contributed by atoms with Crippen molar-refractivity contribution in [1.29, 1.82) is 0 Å². The fraction of sp³-hybridized carbons (Fsp3) is 0.714. The van der Waals surface area contributed by atoms with Crippen molar-refractivity contribution in [2.75, 3.05) is 20.6 Å². The highest BCUT2D eigenvalue weighted by Crippen LogP contribution is 2.32. The molecular weight excluding hydrogens is 264 g/mol. The van der Waals surface area contributed by atoms with Gasteiger partial charge in [0.15, 0.2) is 0 Å². The molecule has 0 N–H and O–H groups in total. The highest BCUT2D eigenvalue weighted by molar-refractivity contribution is 4.75. The molecule has 0 atom stereocenters. The minimum atomic E-state index is -5.46. The van der Waals surface area contributed by atoms with E-state index in [0.29, 0.717) is 0 Å². The van der Waals surface area contributed by atoms with Crippen LogP contribution in [0.15, 0.2) is 12.8 Å². The van der Waals surface area contributed by atoms with E-state index in [1.807, 2.05) is 0 Å². The van der Waals surface area contributed by atoms with E-state index in [2.05, 4.69) is 6.58 Å². The van der Waals surface area contributed by atoms with E-state index in [1.54, 1.807) is 0 Å². The second kappa shape index (κ2) is 7.30. The highest BCUT2D eigenvalue weighted by atomic mass is 19.4. The number of rotatable bonds is 3. The first-order chi connectivity index (χ1) is 7.50. The van der Waals surface area contributed by atoms with Crippen LogP contribution in [0.3, 0.4) is 0 Å². The second-order valence-electron chi connectivity index (χ2n) is 2.58. The van der Waals surface area contributed by atoms with Crippen molar-refractivity contribution in [1.82, 2.24) is 9.80 Å². The summed E-state index contributed by atoms with van der Waals surface area (Å²) in [5.74, 6) is 0. The third kappa shape index (κ3) is 8.72. The lowest BCUT2D eigenvalue weighted by Gasteiger charge is -2.24. The molecule has 2 nitrogen and oxygen atoms in total. The van der Waals surface area contributed by atoms with E-state index in [9.17, 15) is 35.1 Å². The van der Waals surface area contributed by atoms with E-state index in [0.717, 1.165) is 4.90 Å². The van der Waals surface area contributed by atoms with Gasteiger partial charge in [0, 0.05) is 6.20 Å². The summed E-state index contributed by atoms with van der Waals surface area (Å²) in [7, 11) is 1.36. The van der Waals surface area contributed by atoms with Crippen molar-refractivity contribution >= 4 is 0 Å².